The maximum Gasteiger partial charge on any atom is 0.275 e. The number of benzene rings is 1. The summed E-state index contributed by atoms with van der Waals surface area (Å²) in [5.74, 6) is -0.302. The molecule has 2 amide bonds. The molecule has 0 spiro atoms. The van der Waals surface area contributed by atoms with E-state index in [2.05, 4.69) is 5.32 Å². The number of hydrogen-bond donors (Lipinski definition) is 3. The van der Waals surface area contributed by atoms with E-state index >= 15 is 0 Å². The number of nitrogens with one attached hydrogen (secondary N) is 2. The fourth-order valence-corrected chi connectivity index (χ4v) is 2.85. The van der Waals surface area contributed by atoms with E-state index in [-0.39, 0.29) is 17.7 Å². The fourth-order valence-electron chi connectivity index (χ4n) is 2.85. The molecule has 21 heavy (non-hydrogen) atoms. The van der Waals surface area contributed by atoms with Crippen molar-refractivity contribution in [1.29, 1.82) is 0 Å². The molecule has 0 saturated carbocycles. The molecule has 2 atom stereocenters. The molecule has 0 bridgehead atoms. The molecule has 1 aliphatic rings. The second-order valence-corrected chi connectivity index (χ2v) is 5.83. The third kappa shape index (κ3) is 4.56. The molecule has 1 fully saturated rings. The van der Waals surface area contributed by atoms with Crippen LogP contribution in [0.5, 0.6) is 0 Å². The molecular formula is C16H24N3O2+. The first-order valence-electron chi connectivity index (χ1n) is 7.50. The quantitative estimate of drug-likeness (QED) is 0.677. The number of quaternary nitrogens is 1. The highest BCUT2D eigenvalue weighted by atomic mass is 16.2. The molecule has 0 aromatic heterocycles. The topological polar surface area (TPSA) is 76.6 Å². The van der Waals surface area contributed by atoms with Gasteiger partial charge in [0.05, 0.1) is 19.0 Å². The lowest BCUT2D eigenvalue weighted by atomic mass is 9.97. The lowest BCUT2D eigenvalue weighted by molar-refractivity contribution is -0.899. The SMILES string of the molecule is Cc1ccccc1CNC(=O)C[NH+]1CCC[C@@H](C(N)=O)C1. The number of carbonyl (C=O) groups excluding carboxylic acids is 2. The van der Waals surface area contributed by atoms with Gasteiger partial charge in [-0.05, 0) is 30.9 Å². The van der Waals surface area contributed by atoms with Gasteiger partial charge in [0.2, 0.25) is 5.91 Å². The summed E-state index contributed by atoms with van der Waals surface area (Å²) in [6.07, 6.45) is 1.80. The largest absolute Gasteiger partial charge is 0.369 e. The summed E-state index contributed by atoms with van der Waals surface area (Å²) in [7, 11) is 0. The maximum absolute atomic E-state index is 12.0. The Bertz CT molecular complexity index is 516. The van der Waals surface area contributed by atoms with Crippen LogP contribution in [0.25, 0.3) is 0 Å². The molecule has 4 N–H and O–H groups in total. The maximum atomic E-state index is 12.0. The normalized spacial score (nSPS) is 21.8. The van der Waals surface area contributed by atoms with Gasteiger partial charge in [0, 0.05) is 6.54 Å². The van der Waals surface area contributed by atoms with Crippen molar-refractivity contribution in [2.75, 3.05) is 19.6 Å². The van der Waals surface area contributed by atoms with Crippen molar-refractivity contribution in [2.24, 2.45) is 11.7 Å². The molecule has 1 unspecified atom stereocenters. The van der Waals surface area contributed by atoms with Crippen LogP contribution in [-0.4, -0.2) is 31.4 Å². The van der Waals surface area contributed by atoms with Crippen molar-refractivity contribution in [3.63, 3.8) is 0 Å². The third-order valence-corrected chi connectivity index (χ3v) is 4.17. The summed E-state index contributed by atoms with van der Waals surface area (Å²) < 4.78 is 0. The van der Waals surface area contributed by atoms with Gasteiger partial charge in [0.25, 0.3) is 5.91 Å². The zero-order valence-corrected chi connectivity index (χ0v) is 12.5. The summed E-state index contributed by atoms with van der Waals surface area (Å²) >= 11 is 0. The minimum absolute atomic E-state index is 0.0263. The van der Waals surface area contributed by atoms with Crippen molar-refractivity contribution in [1.82, 2.24) is 5.32 Å². The van der Waals surface area contributed by atoms with Crippen LogP contribution in [0.3, 0.4) is 0 Å². The van der Waals surface area contributed by atoms with Gasteiger partial charge >= 0.3 is 0 Å². The minimum Gasteiger partial charge on any atom is -0.369 e. The molecule has 114 valence electrons. The van der Waals surface area contributed by atoms with Gasteiger partial charge in [0.15, 0.2) is 6.54 Å². The Morgan fingerprint density at radius 1 is 1.38 bits per heavy atom. The second-order valence-electron chi connectivity index (χ2n) is 5.83. The van der Waals surface area contributed by atoms with Gasteiger partial charge in [-0.3, -0.25) is 9.59 Å². The first-order valence-corrected chi connectivity index (χ1v) is 7.50. The van der Waals surface area contributed by atoms with Crippen molar-refractivity contribution in [3.05, 3.63) is 35.4 Å². The summed E-state index contributed by atoms with van der Waals surface area (Å²) in [6.45, 7) is 4.61. The Morgan fingerprint density at radius 3 is 2.86 bits per heavy atom. The monoisotopic (exact) mass is 290 g/mol. The molecule has 0 radical (unpaired) electrons. The lowest BCUT2D eigenvalue weighted by Gasteiger charge is -2.27. The third-order valence-electron chi connectivity index (χ3n) is 4.17. The zero-order valence-electron chi connectivity index (χ0n) is 12.5. The number of primary amides is 1. The molecule has 0 aliphatic carbocycles. The van der Waals surface area contributed by atoms with Crippen molar-refractivity contribution in [3.8, 4) is 0 Å². The number of likely N-dealkylation sites (tertiary alicyclic amines) is 1. The summed E-state index contributed by atoms with van der Waals surface area (Å²) in [5, 5.41) is 2.96. The highest BCUT2D eigenvalue weighted by Crippen LogP contribution is 2.06. The van der Waals surface area contributed by atoms with Crippen LogP contribution in [0.1, 0.15) is 24.0 Å². The molecule has 1 heterocycles. The zero-order chi connectivity index (χ0) is 15.2. The first-order chi connectivity index (χ1) is 10.1. The van der Waals surface area contributed by atoms with Crippen LogP contribution in [-0.2, 0) is 16.1 Å². The van der Waals surface area contributed by atoms with Gasteiger partial charge in [-0.15, -0.1) is 0 Å². The van der Waals surface area contributed by atoms with Crippen molar-refractivity contribution in [2.45, 2.75) is 26.3 Å². The average molecular weight is 290 g/mol. The fraction of sp³-hybridized carbons (Fsp3) is 0.500. The first kappa shape index (κ1) is 15.5. The number of carbonyl (C=O) groups is 2. The summed E-state index contributed by atoms with van der Waals surface area (Å²) in [5.41, 5.74) is 7.67. The number of hydrogen-bond acceptors (Lipinski definition) is 2. The summed E-state index contributed by atoms with van der Waals surface area (Å²) in [6, 6.07) is 8.02. The predicted octanol–water partition coefficient (Wildman–Crippen LogP) is -0.609. The van der Waals surface area contributed by atoms with Gasteiger partial charge in [0.1, 0.15) is 0 Å². The standard InChI is InChI=1S/C16H23N3O2/c1-12-5-2-3-6-13(12)9-18-15(20)11-19-8-4-7-14(10-19)16(17)21/h2-3,5-6,14H,4,7-11H2,1H3,(H2,17,21)(H,18,20)/p+1/t14-/m1/s1. The Hall–Kier alpha value is -1.88. The Morgan fingerprint density at radius 2 is 2.14 bits per heavy atom. The van der Waals surface area contributed by atoms with E-state index in [0.717, 1.165) is 29.8 Å². The van der Waals surface area contributed by atoms with Gasteiger partial charge in [-0.2, -0.15) is 0 Å². The van der Waals surface area contributed by atoms with Crippen molar-refractivity contribution < 1.29 is 14.5 Å². The van der Waals surface area contributed by atoms with Gasteiger partial charge < -0.3 is 16.0 Å². The predicted molar refractivity (Wildman–Crippen MR) is 80.5 cm³/mol. The molecule has 1 saturated heterocycles. The number of aryl methyl sites for hydroxylation is 1. The number of amides is 2. The van der Waals surface area contributed by atoms with E-state index in [1.807, 2.05) is 31.2 Å². The highest BCUT2D eigenvalue weighted by Gasteiger charge is 2.28. The van der Waals surface area contributed by atoms with E-state index in [1.165, 1.54) is 5.56 Å². The second kappa shape index (κ2) is 7.22. The van der Waals surface area contributed by atoms with Gasteiger partial charge in [-0.25, -0.2) is 0 Å². The van der Waals surface area contributed by atoms with Crippen LogP contribution in [0.2, 0.25) is 0 Å². The number of piperidine rings is 1. The Balaban J connectivity index is 1.79. The summed E-state index contributed by atoms with van der Waals surface area (Å²) in [4.78, 5) is 24.4. The van der Waals surface area contributed by atoms with Crippen LogP contribution >= 0.6 is 0 Å². The average Bonchev–Trinajstić information content (AvgIpc) is 2.46. The number of nitrogens with two attached hydrogens (primary N) is 1. The van der Waals surface area contributed by atoms with E-state index in [1.54, 1.807) is 0 Å². The molecule has 1 aromatic carbocycles. The number of rotatable bonds is 5. The molecule has 1 aromatic rings. The van der Waals surface area contributed by atoms with E-state index in [0.29, 0.717) is 19.6 Å². The van der Waals surface area contributed by atoms with Crippen LogP contribution < -0.4 is 16.0 Å². The molecule has 5 heteroatoms. The molecule has 2 rings (SSSR count). The van der Waals surface area contributed by atoms with Crippen molar-refractivity contribution >= 4 is 11.8 Å². The van der Waals surface area contributed by atoms with Crippen LogP contribution in [0.4, 0.5) is 0 Å². The van der Waals surface area contributed by atoms with E-state index in [4.69, 9.17) is 5.73 Å². The molecule has 5 nitrogen and oxygen atoms in total. The van der Waals surface area contributed by atoms with E-state index < -0.39 is 0 Å². The van der Waals surface area contributed by atoms with Crippen LogP contribution in [0.15, 0.2) is 24.3 Å². The van der Waals surface area contributed by atoms with Gasteiger partial charge in [-0.1, -0.05) is 24.3 Å². The highest BCUT2D eigenvalue weighted by molar-refractivity contribution is 5.77. The Labute approximate surface area is 125 Å². The van der Waals surface area contributed by atoms with E-state index in [9.17, 15) is 9.59 Å². The molecular weight excluding hydrogens is 266 g/mol. The molecule has 1 aliphatic heterocycles. The van der Waals surface area contributed by atoms with Crippen LogP contribution in [0, 0.1) is 12.8 Å². The lowest BCUT2D eigenvalue weighted by Crippen LogP contribution is -3.15. The minimum atomic E-state index is -0.243. The smallest absolute Gasteiger partial charge is 0.275 e. The Kier molecular flexibility index (Phi) is 5.33.